The second-order valence-corrected chi connectivity index (χ2v) is 8.62. The molecule has 6 nitrogen and oxygen atoms in total. The van der Waals surface area contributed by atoms with Crippen LogP contribution in [0.15, 0.2) is 53.4 Å². The van der Waals surface area contributed by atoms with Gasteiger partial charge >= 0.3 is 0 Å². The summed E-state index contributed by atoms with van der Waals surface area (Å²) in [4.78, 5) is 8.83. The van der Waals surface area contributed by atoms with E-state index in [2.05, 4.69) is 22.2 Å². The number of rotatable bonds is 8. The first-order valence-corrected chi connectivity index (χ1v) is 10.9. The number of hydrogen-bond acceptors (Lipinski definition) is 6. The van der Waals surface area contributed by atoms with Crippen LogP contribution in [0.2, 0.25) is 0 Å². The van der Waals surface area contributed by atoms with E-state index in [9.17, 15) is 18.1 Å². The third-order valence-corrected chi connectivity index (χ3v) is 6.37. The predicted molar refractivity (Wildman–Crippen MR) is 109 cm³/mol. The topological polar surface area (TPSA) is 95.7 Å². The van der Waals surface area contributed by atoms with Crippen LogP contribution in [0.5, 0.6) is 0 Å². The maximum Gasteiger partial charge on any atom is 0.200 e. The van der Waals surface area contributed by atoms with Gasteiger partial charge in [-0.15, -0.1) is 0 Å². The van der Waals surface area contributed by atoms with Crippen molar-refractivity contribution in [3.05, 3.63) is 60.0 Å². The fourth-order valence-corrected chi connectivity index (χ4v) is 4.33. The SMILES string of the molecule is CCCCCNc1nc2ccccc2nc1[C@H](C#N)S(=O)(=O)c1ccc(F)cc1. The van der Waals surface area contributed by atoms with E-state index in [4.69, 9.17) is 0 Å². The number of nitriles is 1. The van der Waals surface area contributed by atoms with Crippen LogP contribution in [0.1, 0.15) is 37.1 Å². The van der Waals surface area contributed by atoms with E-state index in [1.54, 1.807) is 18.2 Å². The Kier molecular flexibility index (Phi) is 6.39. The zero-order chi connectivity index (χ0) is 20.9. The van der Waals surface area contributed by atoms with E-state index >= 15 is 0 Å². The average Bonchev–Trinajstić information content (AvgIpc) is 2.72. The highest BCUT2D eigenvalue weighted by molar-refractivity contribution is 7.92. The van der Waals surface area contributed by atoms with Crippen LogP contribution in [0.25, 0.3) is 11.0 Å². The van der Waals surface area contributed by atoms with Crippen molar-refractivity contribution in [3.63, 3.8) is 0 Å². The Balaban J connectivity index is 2.08. The summed E-state index contributed by atoms with van der Waals surface area (Å²) >= 11 is 0. The molecule has 150 valence electrons. The number of benzene rings is 2. The van der Waals surface area contributed by atoms with Crippen LogP contribution >= 0.6 is 0 Å². The monoisotopic (exact) mass is 412 g/mol. The van der Waals surface area contributed by atoms with Crippen LogP contribution in [-0.4, -0.2) is 24.9 Å². The van der Waals surface area contributed by atoms with Gasteiger partial charge in [-0.1, -0.05) is 31.9 Å². The number of sulfone groups is 1. The van der Waals surface area contributed by atoms with E-state index in [0.29, 0.717) is 17.6 Å². The van der Waals surface area contributed by atoms with Gasteiger partial charge in [-0.2, -0.15) is 5.26 Å². The normalized spacial score (nSPS) is 12.4. The average molecular weight is 412 g/mol. The number of nitrogens with zero attached hydrogens (tertiary/aromatic N) is 3. The highest BCUT2D eigenvalue weighted by Gasteiger charge is 2.33. The van der Waals surface area contributed by atoms with Crippen LogP contribution < -0.4 is 5.32 Å². The molecule has 8 heteroatoms. The predicted octanol–water partition coefficient (Wildman–Crippen LogP) is 4.41. The second kappa shape index (κ2) is 8.97. The van der Waals surface area contributed by atoms with Crippen molar-refractivity contribution in [2.75, 3.05) is 11.9 Å². The first-order chi connectivity index (χ1) is 14.0. The number of halogens is 1. The minimum Gasteiger partial charge on any atom is -0.368 e. The minimum atomic E-state index is -4.12. The summed E-state index contributed by atoms with van der Waals surface area (Å²) in [6, 6.07) is 13.3. The van der Waals surface area contributed by atoms with Gasteiger partial charge in [0.2, 0.25) is 9.84 Å². The Bertz CT molecular complexity index is 1140. The molecule has 29 heavy (non-hydrogen) atoms. The smallest absolute Gasteiger partial charge is 0.200 e. The van der Waals surface area contributed by atoms with E-state index in [1.807, 2.05) is 12.1 Å². The first kappa shape index (κ1) is 20.7. The number of anilines is 1. The van der Waals surface area contributed by atoms with Crippen molar-refractivity contribution < 1.29 is 12.8 Å². The molecule has 1 heterocycles. The van der Waals surface area contributed by atoms with Gasteiger partial charge in [-0.05, 0) is 42.8 Å². The minimum absolute atomic E-state index is 0.0482. The molecule has 0 aliphatic carbocycles. The van der Waals surface area contributed by atoms with E-state index in [-0.39, 0.29) is 16.4 Å². The number of para-hydroxylation sites is 2. The Labute approximate surface area is 169 Å². The molecule has 0 saturated carbocycles. The summed E-state index contributed by atoms with van der Waals surface area (Å²) in [5.41, 5.74) is 1.15. The molecule has 0 amide bonds. The molecular weight excluding hydrogens is 391 g/mol. The summed E-state index contributed by atoms with van der Waals surface area (Å²) in [6.07, 6.45) is 2.93. The van der Waals surface area contributed by atoms with Gasteiger partial charge in [0, 0.05) is 6.54 Å². The van der Waals surface area contributed by atoms with Crippen molar-refractivity contribution in [1.82, 2.24) is 9.97 Å². The van der Waals surface area contributed by atoms with Crippen LogP contribution in [0.4, 0.5) is 10.2 Å². The lowest BCUT2D eigenvalue weighted by Crippen LogP contribution is -2.17. The molecule has 0 radical (unpaired) electrons. The van der Waals surface area contributed by atoms with Crippen molar-refractivity contribution in [2.45, 2.75) is 36.3 Å². The molecule has 0 saturated heterocycles. The second-order valence-electron chi connectivity index (χ2n) is 6.59. The fraction of sp³-hybridized carbons (Fsp3) is 0.286. The van der Waals surface area contributed by atoms with Crippen molar-refractivity contribution in [1.29, 1.82) is 5.26 Å². The lowest BCUT2D eigenvalue weighted by atomic mass is 10.2. The summed E-state index contributed by atoms with van der Waals surface area (Å²) in [5, 5.41) is 11.3. The Hall–Kier alpha value is -3.05. The molecule has 1 N–H and O–H groups in total. The zero-order valence-corrected chi connectivity index (χ0v) is 16.8. The number of aromatic nitrogens is 2. The molecule has 3 aromatic rings. The van der Waals surface area contributed by atoms with E-state index in [0.717, 1.165) is 43.5 Å². The van der Waals surface area contributed by atoms with E-state index < -0.39 is 20.9 Å². The van der Waals surface area contributed by atoms with Crippen LogP contribution in [-0.2, 0) is 9.84 Å². The van der Waals surface area contributed by atoms with Crippen LogP contribution in [0, 0.1) is 17.1 Å². The van der Waals surface area contributed by atoms with Crippen molar-refractivity contribution in [3.8, 4) is 6.07 Å². The van der Waals surface area contributed by atoms with Crippen molar-refractivity contribution >= 4 is 26.7 Å². The lowest BCUT2D eigenvalue weighted by molar-refractivity contribution is 0.589. The molecule has 1 atom stereocenters. The number of nitrogens with one attached hydrogen (secondary N) is 1. The van der Waals surface area contributed by atoms with Gasteiger partial charge in [-0.25, -0.2) is 22.8 Å². The van der Waals surface area contributed by atoms with E-state index in [1.165, 1.54) is 0 Å². The third kappa shape index (κ3) is 4.51. The van der Waals surface area contributed by atoms with Gasteiger partial charge in [0.15, 0.2) is 11.1 Å². The Morgan fingerprint density at radius 3 is 2.34 bits per heavy atom. The molecule has 1 aromatic heterocycles. The van der Waals surface area contributed by atoms with Gasteiger partial charge in [0.05, 0.1) is 22.0 Å². The molecule has 0 aliphatic heterocycles. The number of hydrogen-bond donors (Lipinski definition) is 1. The summed E-state index contributed by atoms with van der Waals surface area (Å²) in [7, 11) is -4.12. The zero-order valence-electron chi connectivity index (χ0n) is 16.0. The standard InChI is InChI=1S/C21H21FN4O2S/c1-2-3-6-13-24-21-20(25-17-7-4-5-8-18(17)26-21)19(14-23)29(27,28)16-11-9-15(22)10-12-16/h4-5,7-12,19H,2-3,6,13H2,1H3,(H,24,26)/t19-/m0/s1. The number of fused-ring (bicyclic) bond motifs is 1. The molecule has 0 bridgehead atoms. The lowest BCUT2D eigenvalue weighted by Gasteiger charge is -2.16. The van der Waals surface area contributed by atoms with Gasteiger partial charge < -0.3 is 5.32 Å². The molecule has 0 unspecified atom stereocenters. The molecule has 0 aliphatic rings. The summed E-state index contributed by atoms with van der Waals surface area (Å²) < 4.78 is 39.4. The van der Waals surface area contributed by atoms with Crippen LogP contribution in [0.3, 0.4) is 0 Å². The van der Waals surface area contributed by atoms with Gasteiger partial charge in [0.1, 0.15) is 11.5 Å². The summed E-state index contributed by atoms with van der Waals surface area (Å²) in [6.45, 7) is 2.67. The van der Waals surface area contributed by atoms with Crippen molar-refractivity contribution in [2.24, 2.45) is 0 Å². The quantitative estimate of drug-likeness (QED) is 0.435. The van der Waals surface area contributed by atoms with Gasteiger partial charge in [0.25, 0.3) is 0 Å². The largest absolute Gasteiger partial charge is 0.368 e. The molecule has 0 fully saturated rings. The maximum absolute atomic E-state index is 13.2. The third-order valence-electron chi connectivity index (χ3n) is 4.49. The first-order valence-electron chi connectivity index (χ1n) is 9.37. The molecular formula is C21H21FN4O2S. The highest BCUT2D eigenvalue weighted by atomic mass is 32.2. The highest BCUT2D eigenvalue weighted by Crippen LogP contribution is 2.32. The number of unbranched alkanes of at least 4 members (excludes halogenated alkanes) is 2. The fourth-order valence-electron chi connectivity index (χ4n) is 2.95. The molecule has 2 aromatic carbocycles. The molecule has 0 spiro atoms. The Morgan fingerprint density at radius 2 is 1.72 bits per heavy atom. The maximum atomic E-state index is 13.2. The summed E-state index contributed by atoms with van der Waals surface area (Å²) in [5.74, 6) is -0.279. The van der Waals surface area contributed by atoms with Gasteiger partial charge in [-0.3, -0.25) is 0 Å². The molecule has 3 rings (SSSR count). The Morgan fingerprint density at radius 1 is 1.07 bits per heavy atom.